The van der Waals surface area contributed by atoms with Crippen LogP contribution < -0.4 is 5.32 Å². The third-order valence-electron chi connectivity index (χ3n) is 3.26. The summed E-state index contributed by atoms with van der Waals surface area (Å²) in [5.41, 5.74) is 3.86. The zero-order chi connectivity index (χ0) is 13.9. The van der Waals surface area contributed by atoms with E-state index in [1.54, 1.807) is 0 Å². The van der Waals surface area contributed by atoms with Crippen LogP contribution >= 0.6 is 11.3 Å². The molecule has 20 heavy (non-hydrogen) atoms. The molecule has 0 spiro atoms. The van der Waals surface area contributed by atoms with Crippen molar-refractivity contribution in [3.05, 3.63) is 52.5 Å². The minimum absolute atomic E-state index is 0.0366. The molecule has 0 saturated heterocycles. The number of rotatable bonds is 4. The van der Waals surface area contributed by atoms with E-state index < -0.39 is 0 Å². The van der Waals surface area contributed by atoms with Gasteiger partial charge in [-0.05, 0) is 36.1 Å². The molecule has 0 aliphatic heterocycles. The first-order chi connectivity index (χ1) is 9.78. The summed E-state index contributed by atoms with van der Waals surface area (Å²) in [6.45, 7) is 3.52. The van der Waals surface area contributed by atoms with E-state index in [9.17, 15) is 4.79 Å². The Hall–Kier alpha value is -2.14. The molecular weight excluding hydrogens is 270 g/mol. The minimum atomic E-state index is -0.0366. The van der Waals surface area contributed by atoms with E-state index >= 15 is 0 Å². The Kier molecular flexibility index (Phi) is 3.52. The highest BCUT2D eigenvalue weighted by atomic mass is 32.1. The monoisotopic (exact) mass is 285 g/mol. The van der Waals surface area contributed by atoms with Gasteiger partial charge in [0.25, 0.3) is 5.91 Å². The van der Waals surface area contributed by atoms with E-state index in [4.69, 9.17) is 0 Å². The smallest absolute Gasteiger partial charge is 0.252 e. The molecule has 0 aliphatic carbocycles. The second kappa shape index (κ2) is 5.46. The molecule has 0 atom stereocenters. The van der Waals surface area contributed by atoms with E-state index in [2.05, 4.69) is 27.9 Å². The third kappa shape index (κ3) is 2.44. The van der Waals surface area contributed by atoms with Crippen LogP contribution in [0.25, 0.3) is 11.0 Å². The molecule has 0 radical (unpaired) electrons. The predicted octanol–water partition coefficient (Wildman–Crippen LogP) is 3.05. The van der Waals surface area contributed by atoms with Crippen molar-refractivity contribution >= 4 is 28.3 Å². The summed E-state index contributed by atoms with van der Waals surface area (Å²) >= 11 is 1.52. The molecule has 1 aromatic carbocycles. The van der Waals surface area contributed by atoms with Crippen molar-refractivity contribution < 1.29 is 4.79 Å². The Morgan fingerprint density at radius 1 is 1.40 bits per heavy atom. The summed E-state index contributed by atoms with van der Waals surface area (Å²) in [6.07, 6.45) is 1.85. The van der Waals surface area contributed by atoms with Crippen LogP contribution in [0, 0.1) is 0 Å². The molecule has 1 N–H and O–H groups in total. The summed E-state index contributed by atoms with van der Waals surface area (Å²) in [4.78, 5) is 16.2. The molecule has 102 valence electrons. The van der Waals surface area contributed by atoms with Gasteiger partial charge in [-0.3, -0.25) is 4.79 Å². The molecule has 5 heteroatoms. The minimum Gasteiger partial charge on any atom is -0.348 e. The topological polar surface area (TPSA) is 46.9 Å². The van der Waals surface area contributed by atoms with Gasteiger partial charge in [0.2, 0.25) is 0 Å². The molecule has 3 rings (SSSR count). The Bertz CT molecular complexity index is 731. The van der Waals surface area contributed by atoms with Gasteiger partial charge in [-0.15, -0.1) is 0 Å². The van der Waals surface area contributed by atoms with Gasteiger partial charge in [0.15, 0.2) is 0 Å². The van der Waals surface area contributed by atoms with E-state index in [1.807, 2.05) is 35.3 Å². The molecule has 0 fully saturated rings. The lowest BCUT2D eigenvalue weighted by Crippen LogP contribution is -2.22. The molecule has 0 saturated carbocycles. The first-order valence-corrected chi connectivity index (χ1v) is 7.46. The average molecular weight is 285 g/mol. The van der Waals surface area contributed by atoms with Crippen molar-refractivity contribution in [2.24, 2.45) is 0 Å². The summed E-state index contributed by atoms with van der Waals surface area (Å²) in [5.74, 6) is -0.0366. The molecule has 3 aromatic rings. The number of hydrogen-bond donors (Lipinski definition) is 1. The number of nitrogens with one attached hydrogen (secondary N) is 1. The first kappa shape index (κ1) is 12.9. The fourth-order valence-electron chi connectivity index (χ4n) is 2.15. The lowest BCUT2D eigenvalue weighted by molar-refractivity contribution is 0.0951. The Morgan fingerprint density at radius 3 is 3.05 bits per heavy atom. The number of fused-ring (bicyclic) bond motifs is 1. The second-order valence-corrected chi connectivity index (χ2v) is 5.33. The molecule has 2 heterocycles. The Morgan fingerprint density at radius 2 is 2.30 bits per heavy atom. The quantitative estimate of drug-likeness (QED) is 0.801. The van der Waals surface area contributed by atoms with Crippen LogP contribution in [-0.4, -0.2) is 15.5 Å². The summed E-state index contributed by atoms with van der Waals surface area (Å²) < 4.78 is 2.10. The highest BCUT2D eigenvalue weighted by Crippen LogP contribution is 2.15. The number of nitrogens with zero attached hydrogens (tertiary/aromatic N) is 2. The summed E-state index contributed by atoms with van der Waals surface area (Å²) in [6, 6.07) is 7.93. The van der Waals surface area contributed by atoms with Crippen molar-refractivity contribution in [3.63, 3.8) is 0 Å². The van der Waals surface area contributed by atoms with Crippen LogP contribution in [0.5, 0.6) is 0 Å². The SMILES string of the molecule is CCn1cnc2cc(CNC(=O)c3ccsc3)ccc21. The first-order valence-electron chi connectivity index (χ1n) is 6.52. The van der Waals surface area contributed by atoms with Crippen LogP contribution in [-0.2, 0) is 13.1 Å². The standard InChI is InChI=1S/C15H15N3OS/c1-2-18-10-17-13-7-11(3-4-14(13)18)8-16-15(19)12-5-6-20-9-12/h3-7,9-10H,2,8H2,1H3,(H,16,19). The fourth-order valence-corrected chi connectivity index (χ4v) is 2.79. The van der Waals surface area contributed by atoms with Gasteiger partial charge in [-0.25, -0.2) is 4.98 Å². The maximum absolute atomic E-state index is 11.9. The van der Waals surface area contributed by atoms with Crippen molar-refractivity contribution in [3.8, 4) is 0 Å². The van der Waals surface area contributed by atoms with Crippen LogP contribution in [0.4, 0.5) is 0 Å². The van der Waals surface area contributed by atoms with E-state index in [-0.39, 0.29) is 5.91 Å². The zero-order valence-corrected chi connectivity index (χ0v) is 12.0. The molecule has 2 aromatic heterocycles. The van der Waals surface area contributed by atoms with Gasteiger partial charge < -0.3 is 9.88 Å². The van der Waals surface area contributed by atoms with E-state index in [1.165, 1.54) is 11.3 Å². The maximum atomic E-state index is 11.9. The van der Waals surface area contributed by atoms with Gasteiger partial charge in [-0.1, -0.05) is 6.07 Å². The van der Waals surface area contributed by atoms with Gasteiger partial charge >= 0.3 is 0 Å². The van der Waals surface area contributed by atoms with Crippen LogP contribution in [0.15, 0.2) is 41.4 Å². The molecule has 0 bridgehead atoms. The van der Waals surface area contributed by atoms with Crippen molar-refractivity contribution in [2.45, 2.75) is 20.0 Å². The molecule has 0 aliphatic rings. The zero-order valence-electron chi connectivity index (χ0n) is 11.2. The summed E-state index contributed by atoms with van der Waals surface area (Å²) in [7, 11) is 0. The van der Waals surface area contributed by atoms with Crippen molar-refractivity contribution in [1.82, 2.24) is 14.9 Å². The second-order valence-electron chi connectivity index (χ2n) is 4.55. The number of aryl methyl sites for hydroxylation is 1. The highest BCUT2D eigenvalue weighted by Gasteiger charge is 2.06. The molecule has 4 nitrogen and oxygen atoms in total. The number of amides is 1. The van der Waals surface area contributed by atoms with Crippen LogP contribution in [0.1, 0.15) is 22.8 Å². The molecule has 0 unspecified atom stereocenters. The molecular formula is C15H15N3OS. The largest absolute Gasteiger partial charge is 0.348 e. The molecule has 1 amide bonds. The number of aromatic nitrogens is 2. The van der Waals surface area contributed by atoms with E-state index in [0.717, 1.165) is 23.1 Å². The van der Waals surface area contributed by atoms with Crippen LogP contribution in [0.3, 0.4) is 0 Å². The number of thiophene rings is 1. The Balaban J connectivity index is 1.73. The van der Waals surface area contributed by atoms with Gasteiger partial charge in [-0.2, -0.15) is 11.3 Å². The normalized spacial score (nSPS) is 10.8. The Labute approximate surface area is 121 Å². The lowest BCUT2D eigenvalue weighted by atomic mass is 10.2. The van der Waals surface area contributed by atoms with E-state index in [0.29, 0.717) is 12.1 Å². The average Bonchev–Trinajstić information content (AvgIpc) is 3.13. The van der Waals surface area contributed by atoms with Gasteiger partial charge in [0.1, 0.15) is 0 Å². The van der Waals surface area contributed by atoms with Crippen LogP contribution in [0.2, 0.25) is 0 Å². The fraction of sp³-hybridized carbons (Fsp3) is 0.200. The maximum Gasteiger partial charge on any atom is 0.252 e. The third-order valence-corrected chi connectivity index (χ3v) is 3.95. The number of benzene rings is 1. The van der Waals surface area contributed by atoms with Gasteiger partial charge in [0.05, 0.1) is 17.4 Å². The summed E-state index contributed by atoms with van der Waals surface area (Å²) in [5, 5.41) is 6.67. The van der Waals surface area contributed by atoms with Crippen molar-refractivity contribution in [1.29, 1.82) is 0 Å². The number of carbonyl (C=O) groups excluding carboxylic acids is 1. The highest BCUT2D eigenvalue weighted by molar-refractivity contribution is 7.08. The predicted molar refractivity (Wildman–Crippen MR) is 80.9 cm³/mol. The number of hydrogen-bond acceptors (Lipinski definition) is 3. The number of carbonyl (C=O) groups is 1. The van der Waals surface area contributed by atoms with Gasteiger partial charge in [0, 0.05) is 24.0 Å². The number of imidazole rings is 1. The lowest BCUT2D eigenvalue weighted by Gasteiger charge is -2.05. The van der Waals surface area contributed by atoms with Crippen molar-refractivity contribution in [2.75, 3.05) is 0 Å².